The van der Waals surface area contributed by atoms with E-state index in [1.807, 2.05) is 0 Å². The van der Waals surface area contributed by atoms with Gasteiger partial charge in [-0.3, -0.25) is 14.2 Å². The largest absolute Gasteiger partial charge is 0.380 e. The van der Waals surface area contributed by atoms with E-state index in [1.165, 1.54) is 29.8 Å². The van der Waals surface area contributed by atoms with Crippen molar-refractivity contribution in [3.05, 3.63) is 32.6 Å². The number of hydrogen-bond donors (Lipinski definition) is 1. The Morgan fingerprint density at radius 1 is 1.43 bits per heavy atom. The van der Waals surface area contributed by atoms with Gasteiger partial charge in [0.25, 0.3) is 5.56 Å². The maximum Gasteiger partial charge on any atom is 0.330 e. The van der Waals surface area contributed by atoms with Crippen LogP contribution in [0.4, 0.5) is 0 Å². The number of methoxy groups -OCH3 is 1. The molecule has 2 N–H and O–H groups in total. The first-order chi connectivity index (χ1) is 9.81. The van der Waals surface area contributed by atoms with Gasteiger partial charge in [0.1, 0.15) is 0 Å². The molecule has 0 aliphatic heterocycles. The maximum atomic E-state index is 12.0. The molecule has 8 heteroatoms. The molecule has 0 saturated heterocycles. The minimum atomic E-state index is -0.403. The number of rotatable bonds is 6. The van der Waals surface area contributed by atoms with Crippen molar-refractivity contribution in [1.82, 2.24) is 14.0 Å². The summed E-state index contributed by atoms with van der Waals surface area (Å²) in [4.78, 5) is 37.1. The highest BCUT2D eigenvalue weighted by Gasteiger charge is 2.17. The van der Waals surface area contributed by atoms with Gasteiger partial charge in [0, 0.05) is 41.0 Å². The van der Waals surface area contributed by atoms with Crippen molar-refractivity contribution in [3.63, 3.8) is 0 Å². The molecule has 8 nitrogen and oxygen atoms in total. The summed E-state index contributed by atoms with van der Waals surface area (Å²) >= 11 is 0. The molecule has 0 bridgehead atoms. The second-order valence-electron chi connectivity index (χ2n) is 4.96. The SMILES string of the molecule is COC(CN)CC(=O)N(C)Cc1cn(C)c(=O)n(C)c1=O. The molecule has 0 radical (unpaired) electrons. The topological polar surface area (TPSA) is 99.6 Å². The molecule has 1 unspecified atom stereocenters. The average molecular weight is 298 g/mol. The van der Waals surface area contributed by atoms with Crippen molar-refractivity contribution in [2.75, 3.05) is 20.7 Å². The van der Waals surface area contributed by atoms with Crippen LogP contribution in [0.15, 0.2) is 15.8 Å². The Bertz CT molecular complexity index is 616. The summed E-state index contributed by atoms with van der Waals surface area (Å²) < 4.78 is 7.40. The molecule has 0 aliphatic rings. The molecule has 1 heterocycles. The Morgan fingerprint density at radius 2 is 2.05 bits per heavy atom. The van der Waals surface area contributed by atoms with E-state index in [0.717, 1.165) is 4.57 Å². The lowest BCUT2D eigenvalue weighted by Crippen LogP contribution is -2.41. The highest BCUT2D eigenvalue weighted by molar-refractivity contribution is 5.76. The third kappa shape index (κ3) is 4.02. The van der Waals surface area contributed by atoms with Gasteiger partial charge in [0.2, 0.25) is 5.91 Å². The second kappa shape index (κ2) is 7.19. The fourth-order valence-electron chi connectivity index (χ4n) is 1.95. The Labute approximate surface area is 122 Å². The molecule has 0 fully saturated rings. The highest BCUT2D eigenvalue weighted by Crippen LogP contribution is 2.03. The van der Waals surface area contributed by atoms with Gasteiger partial charge in [-0.1, -0.05) is 0 Å². The van der Waals surface area contributed by atoms with Crippen molar-refractivity contribution >= 4 is 5.91 Å². The third-order valence-electron chi connectivity index (χ3n) is 3.35. The van der Waals surface area contributed by atoms with Gasteiger partial charge in [-0.25, -0.2) is 4.79 Å². The Kier molecular flexibility index (Phi) is 5.86. The van der Waals surface area contributed by atoms with E-state index in [2.05, 4.69) is 0 Å². The predicted octanol–water partition coefficient (Wildman–Crippen LogP) is -1.59. The Morgan fingerprint density at radius 3 is 2.57 bits per heavy atom. The van der Waals surface area contributed by atoms with E-state index < -0.39 is 11.2 Å². The van der Waals surface area contributed by atoms with Crippen LogP contribution in [0.5, 0.6) is 0 Å². The van der Waals surface area contributed by atoms with Crippen molar-refractivity contribution in [1.29, 1.82) is 0 Å². The van der Waals surface area contributed by atoms with Crippen LogP contribution in [-0.4, -0.2) is 46.7 Å². The normalized spacial score (nSPS) is 12.2. The lowest BCUT2D eigenvalue weighted by atomic mass is 10.2. The van der Waals surface area contributed by atoms with Gasteiger partial charge >= 0.3 is 5.69 Å². The summed E-state index contributed by atoms with van der Waals surface area (Å²) in [5.41, 5.74) is 5.04. The number of amides is 1. The summed E-state index contributed by atoms with van der Waals surface area (Å²) in [6.07, 6.45) is 1.25. The van der Waals surface area contributed by atoms with Crippen LogP contribution in [0.2, 0.25) is 0 Å². The number of aromatic nitrogens is 2. The number of hydrogen-bond acceptors (Lipinski definition) is 5. The average Bonchev–Trinajstić information content (AvgIpc) is 2.47. The zero-order chi connectivity index (χ0) is 16.2. The molecular formula is C13H22N4O4. The van der Waals surface area contributed by atoms with E-state index >= 15 is 0 Å². The van der Waals surface area contributed by atoms with E-state index in [-0.39, 0.29) is 31.5 Å². The molecule has 0 aliphatic carbocycles. The number of aryl methyl sites for hydroxylation is 1. The van der Waals surface area contributed by atoms with Crippen LogP contribution in [-0.2, 0) is 30.2 Å². The van der Waals surface area contributed by atoms with E-state index in [0.29, 0.717) is 5.56 Å². The Balaban J connectivity index is 2.89. The number of nitrogens with zero attached hydrogens (tertiary/aromatic N) is 3. The third-order valence-corrected chi connectivity index (χ3v) is 3.35. The summed E-state index contributed by atoms with van der Waals surface area (Å²) in [6, 6.07) is 0. The lowest BCUT2D eigenvalue weighted by molar-refractivity contribution is -0.132. The number of ether oxygens (including phenoxy) is 1. The first-order valence-corrected chi connectivity index (χ1v) is 6.54. The molecule has 0 spiro atoms. The zero-order valence-electron chi connectivity index (χ0n) is 12.8. The fourth-order valence-corrected chi connectivity index (χ4v) is 1.95. The van der Waals surface area contributed by atoms with Gasteiger partial charge in [0.05, 0.1) is 24.6 Å². The van der Waals surface area contributed by atoms with Crippen LogP contribution >= 0.6 is 0 Å². The quantitative estimate of drug-likeness (QED) is 0.682. The molecule has 0 aromatic carbocycles. The standard InChI is InChI=1S/C13H22N4O4/c1-15(11(18)5-10(6-14)21-4)7-9-8-16(2)13(20)17(3)12(9)19/h8,10H,5-7,14H2,1-4H3. The van der Waals surface area contributed by atoms with E-state index in [1.54, 1.807) is 14.1 Å². The zero-order valence-corrected chi connectivity index (χ0v) is 12.8. The van der Waals surface area contributed by atoms with Crippen LogP contribution < -0.4 is 17.0 Å². The molecule has 0 saturated carbocycles. The lowest BCUT2D eigenvalue weighted by Gasteiger charge is -2.20. The first kappa shape index (κ1) is 17.1. The minimum absolute atomic E-state index is 0.126. The predicted molar refractivity (Wildman–Crippen MR) is 77.9 cm³/mol. The van der Waals surface area contributed by atoms with Crippen LogP contribution in [0.1, 0.15) is 12.0 Å². The fraction of sp³-hybridized carbons (Fsp3) is 0.615. The van der Waals surface area contributed by atoms with E-state index in [4.69, 9.17) is 10.5 Å². The van der Waals surface area contributed by atoms with Gasteiger partial charge in [0.15, 0.2) is 0 Å². The molecule has 1 aromatic heterocycles. The van der Waals surface area contributed by atoms with Crippen molar-refractivity contribution in [3.8, 4) is 0 Å². The van der Waals surface area contributed by atoms with Crippen molar-refractivity contribution in [2.45, 2.75) is 19.1 Å². The van der Waals surface area contributed by atoms with Gasteiger partial charge in [-0.15, -0.1) is 0 Å². The van der Waals surface area contributed by atoms with Crippen LogP contribution in [0.3, 0.4) is 0 Å². The second-order valence-corrected chi connectivity index (χ2v) is 4.96. The van der Waals surface area contributed by atoms with Gasteiger partial charge in [-0.05, 0) is 0 Å². The molecule has 1 amide bonds. The number of carbonyl (C=O) groups is 1. The van der Waals surface area contributed by atoms with Crippen LogP contribution in [0, 0.1) is 0 Å². The summed E-state index contributed by atoms with van der Waals surface area (Å²) in [7, 11) is 6.05. The van der Waals surface area contributed by atoms with Gasteiger partial charge < -0.3 is 19.9 Å². The van der Waals surface area contributed by atoms with Crippen LogP contribution in [0.25, 0.3) is 0 Å². The van der Waals surface area contributed by atoms with Crippen molar-refractivity contribution < 1.29 is 9.53 Å². The van der Waals surface area contributed by atoms with Gasteiger partial charge in [-0.2, -0.15) is 0 Å². The number of nitrogens with two attached hydrogens (primary N) is 1. The highest BCUT2D eigenvalue weighted by atomic mass is 16.5. The molecule has 1 aromatic rings. The summed E-state index contributed by atoms with van der Waals surface area (Å²) in [5, 5.41) is 0. The monoisotopic (exact) mass is 298 g/mol. The van der Waals surface area contributed by atoms with Crippen molar-refractivity contribution in [2.24, 2.45) is 19.8 Å². The smallest absolute Gasteiger partial charge is 0.330 e. The van der Waals surface area contributed by atoms with E-state index in [9.17, 15) is 14.4 Å². The first-order valence-electron chi connectivity index (χ1n) is 6.54. The molecule has 1 rings (SSSR count). The number of carbonyl (C=O) groups excluding carboxylic acids is 1. The minimum Gasteiger partial charge on any atom is -0.380 e. The Hall–Kier alpha value is -1.93. The maximum absolute atomic E-state index is 12.0. The molecule has 118 valence electrons. The summed E-state index contributed by atoms with van der Waals surface area (Å²) in [6.45, 7) is 0.373. The molecular weight excluding hydrogens is 276 g/mol. The molecule has 1 atom stereocenters. The summed E-state index contributed by atoms with van der Waals surface area (Å²) in [5.74, 6) is -0.178. The molecule has 21 heavy (non-hydrogen) atoms.